The lowest BCUT2D eigenvalue weighted by atomic mass is 10.3. The third-order valence-corrected chi connectivity index (χ3v) is 9.15. The zero-order chi connectivity index (χ0) is 15.4. The van der Waals surface area contributed by atoms with E-state index in [0.29, 0.717) is 5.66 Å². The van der Waals surface area contributed by atoms with Gasteiger partial charge in [-0.25, -0.2) is 0 Å². The van der Waals surface area contributed by atoms with Gasteiger partial charge in [-0.05, 0) is 50.2 Å². The molecule has 0 amide bonds. The van der Waals surface area contributed by atoms with Crippen molar-refractivity contribution in [1.29, 1.82) is 0 Å². The molecule has 0 unspecified atom stereocenters. The highest BCUT2D eigenvalue weighted by molar-refractivity contribution is 7.96. The zero-order valence-electron chi connectivity index (χ0n) is 13.6. The molecule has 0 saturated heterocycles. The predicted molar refractivity (Wildman–Crippen MR) is 100 cm³/mol. The van der Waals surface area contributed by atoms with Gasteiger partial charge in [0.25, 0.3) is 0 Å². The van der Waals surface area contributed by atoms with E-state index in [1.54, 1.807) is 0 Å². The monoisotopic (exact) mass is 340 g/mol. The number of rotatable bonds is 4. The summed E-state index contributed by atoms with van der Waals surface area (Å²) in [7, 11) is -1.63. The molecule has 23 heavy (non-hydrogen) atoms. The summed E-state index contributed by atoms with van der Waals surface area (Å²) in [6, 6.07) is 33.1. The number of hydrogen-bond donors (Lipinski definition) is 0. The fraction of sp³-hybridized carbons (Fsp3) is 0.143. The minimum atomic E-state index is -1.63. The summed E-state index contributed by atoms with van der Waals surface area (Å²) in [4.78, 5) is 0. The number of halogens is 1. The minimum absolute atomic E-state index is 0. The van der Waals surface area contributed by atoms with E-state index < -0.39 is 7.26 Å². The fourth-order valence-electron chi connectivity index (χ4n) is 3.33. The van der Waals surface area contributed by atoms with Crippen LogP contribution < -0.4 is 28.3 Å². The van der Waals surface area contributed by atoms with Crippen molar-refractivity contribution < 1.29 is 12.4 Å². The van der Waals surface area contributed by atoms with Crippen LogP contribution in [0.2, 0.25) is 0 Å². The summed E-state index contributed by atoms with van der Waals surface area (Å²) in [5.74, 6) is 0. The van der Waals surface area contributed by atoms with E-state index in [-0.39, 0.29) is 12.4 Å². The molecular formula is C21H22ClP. The van der Waals surface area contributed by atoms with Gasteiger partial charge >= 0.3 is 0 Å². The standard InChI is InChI=1S/C21H22P.ClH/c1-18(2)22(19-12-6-3-7-13-19,20-14-8-4-9-15-20)21-16-10-5-11-17-21;/h3-18H,1-2H3;1H/q+1;/p-1. The fourth-order valence-corrected chi connectivity index (χ4v) is 7.94. The molecular weight excluding hydrogens is 319 g/mol. The quantitative estimate of drug-likeness (QED) is 0.630. The van der Waals surface area contributed by atoms with Crippen molar-refractivity contribution in [2.45, 2.75) is 19.5 Å². The smallest absolute Gasteiger partial charge is 0.114 e. The van der Waals surface area contributed by atoms with E-state index in [2.05, 4.69) is 105 Å². The maximum Gasteiger partial charge on any atom is 0.114 e. The van der Waals surface area contributed by atoms with E-state index in [9.17, 15) is 0 Å². The highest BCUT2D eigenvalue weighted by Crippen LogP contribution is 2.59. The average molecular weight is 341 g/mol. The van der Waals surface area contributed by atoms with Crippen molar-refractivity contribution in [2.75, 3.05) is 0 Å². The molecule has 0 aliphatic heterocycles. The first kappa shape index (κ1) is 17.7. The van der Waals surface area contributed by atoms with Crippen molar-refractivity contribution in [1.82, 2.24) is 0 Å². The van der Waals surface area contributed by atoms with E-state index in [4.69, 9.17) is 0 Å². The van der Waals surface area contributed by atoms with Crippen molar-refractivity contribution in [3.05, 3.63) is 91.0 Å². The molecule has 2 heteroatoms. The van der Waals surface area contributed by atoms with Crippen molar-refractivity contribution in [3.63, 3.8) is 0 Å². The molecule has 3 aromatic rings. The Kier molecular flexibility index (Phi) is 5.99. The second kappa shape index (κ2) is 7.77. The van der Waals surface area contributed by atoms with Gasteiger partial charge in [0.1, 0.15) is 23.2 Å². The van der Waals surface area contributed by atoms with Crippen LogP contribution in [0.25, 0.3) is 0 Å². The molecule has 0 fully saturated rings. The van der Waals surface area contributed by atoms with E-state index in [1.807, 2.05) is 0 Å². The maximum absolute atomic E-state index is 2.36. The van der Waals surface area contributed by atoms with Crippen LogP contribution in [0.3, 0.4) is 0 Å². The van der Waals surface area contributed by atoms with Gasteiger partial charge in [0.15, 0.2) is 0 Å². The second-order valence-electron chi connectivity index (χ2n) is 5.82. The summed E-state index contributed by atoms with van der Waals surface area (Å²) in [6.07, 6.45) is 0. The van der Waals surface area contributed by atoms with Crippen molar-refractivity contribution in [2.24, 2.45) is 0 Å². The van der Waals surface area contributed by atoms with E-state index in [1.165, 1.54) is 15.9 Å². The lowest BCUT2D eigenvalue weighted by molar-refractivity contribution is -0.00000438. The topological polar surface area (TPSA) is 0 Å². The van der Waals surface area contributed by atoms with Crippen LogP contribution >= 0.6 is 7.26 Å². The Morgan fingerprint density at radius 3 is 1.00 bits per heavy atom. The van der Waals surface area contributed by atoms with Gasteiger partial charge in [0, 0.05) is 0 Å². The summed E-state index contributed by atoms with van der Waals surface area (Å²) in [5.41, 5.74) is 0.555. The van der Waals surface area contributed by atoms with E-state index >= 15 is 0 Å². The summed E-state index contributed by atoms with van der Waals surface area (Å²) in [5, 5.41) is 4.38. The van der Waals surface area contributed by atoms with Crippen LogP contribution in [0, 0.1) is 0 Å². The zero-order valence-corrected chi connectivity index (χ0v) is 15.2. The molecule has 118 valence electrons. The van der Waals surface area contributed by atoms with Crippen LogP contribution in [0.4, 0.5) is 0 Å². The number of hydrogen-bond acceptors (Lipinski definition) is 0. The van der Waals surface area contributed by atoms with Crippen LogP contribution in [0.1, 0.15) is 13.8 Å². The molecule has 0 aliphatic carbocycles. The van der Waals surface area contributed by atoms with Gasteiger partial charge in [-0.2, -0.15) is 0 Å². The largest absolute Gasteiger partial charge is 1.00 e. The molecule has 0 spiro atoms. The summed E-state index contributed by atoms with van der Waals surface area (Å²) >= 11 is 0. The molecule has 0 nitrogen and oxygen atoms in total. The second-order valence-corrected chi connectivity index (χ2v) is 9.85. The molecule has 0 N–H and O–H groups in total. The van der Waals surface area contributed by atoms with Crippen LogP contribution in [0.5, 0.6) is 0 Å². The predicted octanol–water partition coefficient (Wildman–Crippen LogP) is 1.39. The summed E-state index contributed by atoms with van der Waals surface area (Å²) < 4.78 is 0. The highest BCUT2D eigenvalue weighted by atomic mass is 35.5. The van der Waals surface area contributed by atoms with Crippen LogP contribution in [-0.2, 0) is 0 Å². The minimum Gasteiger partial charge on any atom is -1.00 e. The Balaban J connectivity index is 0.00000192. The first-order valence-corrected chi connectivity index (χ1v) is 9.67. The van der Waals surface area contributed by atoms with E-state index in [0.717, 1.165) is 0 Å². The van der Waals surface area contributed by atoms with Gasteiger partial charge < -0.3 is 12.4 Å². The maximum atomic E-state index is 2.36. The molecule has 0 aliphatic rings. The first-order valence-electron chi connectivity index (χ1n) is 7.82. The van der Waals surface area contributed by atoms with Crippen molar-refractivity contribution in [3.8, 4) is 0 Å². The lowest BCUT2D eigenvalue weighted by Crippen LogP contribution is -3.00. The van der Waals surface area contributed by atoms with Crippen LogP contribution in [-0.4, -0.2) is 5.66 Å². The molecule has 3 rings (SSSR count). The van der Waals surface area contributed by atoms with Gasteiger partial charge in [-0.1, -0.05) is 54.6 Å². The summed E-state index contributed by atoms with van der Waals surface area (Å²) in [6.45, 7) is 4.72. The molecule has 0 aromatic heterocycles. The first-order chi connectivity index (χ1) is 10.8. The van der Waals surface area contributed by atoms with Gasteiger partial charge in [-0.15, -0.1) is 0 Å². The number of benzene rings is 3. The lowest BCUT2D eigenvalue weighted by Gasteiger charge is -2.31. The van der Waals surface area contributed by atoms with Crippen LogP contribution in [0.15, 0.2) is 91.0 Å². The molecule has 0 radical (unpaired) electrons. The molecule has 0 atom stereocenters. The van der Waals surface area contributed by atoms with Gasteiger partial charge in [0.2, 0.25) is 0 Å². The Bertz CT molecular complexity index is 612. The third-order valence-electron chi connectivity index (χ3n) is 4.26. The van der Waals surface area contributed by atoms with Gasteiger partial charge in [-0.3, -0.25) is 0 Å². The molecule has 0 heterocycles. The van der Waals surface area contributed by atoms with Gasteiger partial charge in [0.05, 0.1) is 5.66 Å². The SMILES string of the molecule is CC(C)[P+](c1ccccc1)(c1ccccc1)c1ccccc1.[Cl-]. The van der Waals surface area contributed by atoms with Crippen molar-refractivity contribution >= 4 is 23.2 Å². The highest BCUT2D eigenvalue weighted by Gasteiger charge is 2.48. The molecule has 0 bridgehead atoms. The Morgan fingerprint density at radius 1 is 0.522 bits per heavy atom. The Labute approximate surface area is 146 Å². The molecule has 0 saturated carbocycles. The third kappa shape index (κ3) is 3.20. The normalized spacial score (nSPS) is 11.1. The average Bonchev–Trinajstić information content (AvgIpc) is 2.58. The Morgan fingerprint density at radius 2 is 0.783 bits per heavy atom. The molecule has 3 aromatic carbocycles. The Hall–Kier alpha value is -1.62.